The molecule has 0 spiro atoms. The highest BCUT2D eigenvalue weighted by Crippen LogP contribution is 2.11. The van der Waals surface area contributed by atoms with E-state index in [-0.39, 0.29) is 11.0 Å². The summed E-state index contributed by atoms with van der Waals surface area (Å²) in [7, 11) is 0. The monoisotopic (exact) mass is 243 g/mol. The van der Waals surface area contributed by atoms with Gasteiger partial charge in [0.2, 0.25) is 5.95 Å². The molecule has 0 aliphatic carbocycles. The first-order chi connectivity index (χ1) is 7.02. The molecule has 0 aliphatic heterocycles. The first kappa shape index (κ1) is 12.1. The van der Waals surface area contributed by atoms with E-state index in [1.165, 1.54) is 11.8 Å². The second-order valence-corrected chi connectivity index (χ2v) is 4.35. The van der Waals surface area contributed by atoms with Crippen LogP contribution in [-0.4, -0.2) is 32.2 Å². The molecule has 1 aromatic rings. The Kier molecular flexibility index (Phi) is 4.22. The van der Waals surface area contributed by atoms with Crippen LogP contribution in [-0.2, 0) is 0 Å². The van der Waals surface area contributed by atoms with E-state index in [4.69, 9.17) is 18.0 Å². The Morgan fingerprint density at radius 3 is 2.53 bits per heavy atom. The van der Waals surface area contributed by atoms with Crippen LogP contribution in [0, 0.1) is 0 Å². The number of nitrogens with two attached hydrogens (primary N) is 1. The van der Waals surface area contributed by atoms with Crippen LogP contribution >= 0.6 is 24.0 Å². The summed E-state index contributed by atoms with van der Waals surface area (Å²) in [6, 6.07) is 0.251. The lowest BCUT2D eigenvalue weighted by Gasteiger charge is -2.09. The molecule has 0 bridgehead atoms. The molecule has 0 fully saturated rings. The van der Waals surface area contributed by atoms with Crippen LogP contribution in [0.15, 0.2) is 5.16 Å². The summed E-state index contributed by atoms with van der Waals surface area (Å²) in [6.07, 6.45) is 1.89. The average Bonchev–Trinajstić information content (AvgIpc) is 2.16. The molecular formula is C8H13N5S2. The number of anilines is 1. The van der Waals surface area contributed by atoms with Crippen molar-refractivity contribution in [2.45, 2.75) is 25.0 Å². The third kappa shape index (κ3) is 3.60. The maximum Gasteiger partial charge on any atom is 0.227 e. The number of nitrogens with zero attached hydrogens (tertiary/aromatic N) is 3. The zero-order valence-corrected chi connectivity index (χ0v) is 10.4. The number of thioether (sulfide) groups is 1. The van der Waals surface area contributed by atoms with Gasteiger partial charge in [0.25, 0.3) is 0 Å². The standard InChI is InChI=1S/C8H13N5S2/c1-4(2)10-7-11-6(5(9)14)12-8(13-7)15-3/h4H,1-3H3,(H2,9,14)(H,10,11,12,13). The Morgan fingerprint density at radius 2 is 2.07 bits per heavy atom. The zero-order valence-electron chi connectivity index (χ0n) is 8.81. The lowest BCUT2D eigenvalue weighted by atomic mass is 10.4. The molecule has 1 heterocycles. The quantitative estimate of drug-likeness (QED) is 0.604. The highest BCUT2D eigenvalue weighted by molar-refractivity contribution is 7.98. The minimum atomic E-state index is 0.180. The number of hydrogen-bond donors (Lipinski definition) is 2. The van der Waals surface area contributed by atoms with E-state index in [1.54, 1.807) is 0 Å². The predicted molar refractivity (Wildman–Crippen MR) is 66.3 cm³/mol. The molecule has 0 aromatic carbocycles. The van der Waals surface area contributed by atoms with Gasteiger partial charge in [-0.3, -0.25) is 0 Å². The second kappa shape index (κ2) is 5.22. The molecule has 0 amide bonds. The summed E-state index contributed by atoms with van der Waals surface area (Å²) >= 11 is 6.25. The smallest absolute Gasteiger partial charge is 0.227 e. The Bertz CT molecular complexity index is 366. The van der Waals surface area contributed by atoms with Crippen LogP contribution in [0.4, 0.5) is 5.95 Å². The molecule has 0 aliphatic rings. The molecule has 5 nitrogen and oxygen atoms in total. The fourth-order valence-electron chi connectivity index (χ4n) is 0.881. The number of rotatable bonds is 4. The summed E-state index contributed by atoms with van der Waals surface area (Å²) < 4.78 is 0. The third-order valence-electron chi connectivity index (χ3n) is 1.44. The van der Waals surface area contributed by atoms with Crippen molar-refractivity contribution in [1.29, 1.82) is 0 Å². The summed E-state index contributed by atoms with van der Waals surface area (Å²) in [4.78, 5) is 12.6. The van der Waals surface area contributed by atoms with Crippen molar-refractivity contribution < 1.29 is 0 Å². The normalized spacial score (nSPS) is 10.4. The van der Waals surface area contributed by atoms with Crippen molar-refractivity contribution >= 4 is 34.9 Å². The summed E-state index contributed by atoms with van der Waals surface area (Å²) in [5, 5.41) is 3.69. The van der Waals surface area contributed by atoms with Gasteiger partial charge in [0.05, 0.1) is 0 Å². The molecule has 0 saturated carbocycles. The van der Waals surface area contributed by atoms with Gasteiger partial charge in [-0.15, -0.1) is 0 Å². The molecule has 0 radical (unpaired) electrons. The van der Waals surface area contributed by atoms with Crippen LogP contribution in [0.5, 0.6) is 0 Å². The predicted octanol–water partition coefficient (Wildman–Crippen LogP) is 1.05. The van der Waals surface area contributed by atoms with E-state index < -0.39 is 0 Å². The van der Waals surface area contributed by atoms with Crippen molar-refractivity contribution in [3.05, 3.63) is 5.82 Å². The van der Waals surface area contributed by atoms with Crippen LogP contribution in [0.1, 0.15) is 19.7 Å². The third-order valence-corrected chi connectivity index (χ3v) is 2.17. The van der Waals surface area contributed by atoms with E-state index >= 15 is 0 Å². The van der Waals surface area contributed by atoms with Crippen molar-refractivity contribution in [2.75, 3.05) is 11.6 Å². The first-order valence-corrected chi connectivity index (χ1v) is 6.02. The summed E-state index contributed by atoms with van der Waals surface area (Å²) in [6.45, 7) is 4.01. The largest absolute Gasteiger partial charge is 0.387 e. The topological polar surface area (TPSA) is 76.7 Å². The Morgan fingerprint density at radius 1 is 1.40 bits per heavy atom. The van der Waals surface area contributed by atoms with Gasteiger partial charge in [0.1, 0.15) is 4.99 Å². The van der Waals surface area contributed by atoms with Gasteiger partial charge >= 0.3 is 0 Å². The van der Waals surface area contributed by atoms with Gasteiger partial charge in [-0.1, -0.05) is 24.0 Å². The maximum absolute atomic E-state index is 5.48. The average molecular weight is 243 g/mol. The molecule has 1 rings (SSSR count). The van der Waals surface area contributed by atoms with Crippen molar-refractivity contribution in [2.24, 2.45) is 5.73 Å². The molecular weight excluding hydrogens is 230 g/mol. The van der Waals surface area contributed by atoms with E-state index in [9.17, 15) is 0 Å². The fourth-order valence-corrected chi connectivity index (χ4v) is 1.33. The molecule has 15 heavy (non-hydrogen) atoms. The van der Waals surface area contributed by atoms with E-state index in [2.05, 4.69) is 20.3 Å². The minimum Gasteiger partial charge on any atom is -0.387 e. The highest BCUT2D eigenvalue weighted by Gasteiger charge is 2.08. The Labute approximate surface area is 98.3 Å². The van der Waals surface area contributed by atoms with Crippen molar-refractivity contribution in [3.63, 3.8) is 0 Å². The Balaban J connectivity index is 3.05. The van der Waals surface area contributed by atoms with Gasteiger partial charge in [-0.25, -0.2) is 0 Å². The molecule has 0 unspecified atom stereocenters. The van der Waals surface area contributed by atoms with Crippen molar-refractivity contribution in [3.8, 4) is 0 Å². The molecule has 3 N–H and O–H groups in total. The zero-order chi connectivity index (χ0) is 11.4. The van der Waals surface area contributed by atoms with E-state index in [0.29, 0.717) is 16.9 Å². The van der Waals surface area contributed by atoms with Crippen LogP contribution < -0.4 is 11.1 Å². The number of thiocarbonyl (C=S) groups is 1. The fraction of sp³-hybridized carbons (Fsp3) is 0.500. The van der Waals surface area contributed by atoms with E-state index in [0.717, 1.165) is 0 Å². The molecule has 82 valence electrons. The molecule has 0 saturated heterocycles. The van der Waals surface area contributed by atoms with Gasteiger partial charge in [-0.05, 0) is 20.1 Å². The van der Waals surface area contributed by atoms with Crippen LogP contribution in [0.3, 0.4) is 0 Å². The van der Waals surface area contributed by atoms with Crippen molar-refractivity contribution in [1.82, 2.24) is 15.0 Å². The second-order valence-electron chi connectivity index (χ2n) is 3.13. The molecule has 1 aromatic heterocycles. The minimum absolute atomic E-state index is 0.180. The summed E-state index contributed by atoms with van der Waals surface area (Å²) in [5.74, 6) is 0.861. The van der Waals surface area contributed by atoms with Gasteiger partial charge in [-0.2, -0.15) is 15.0 Å². The van der Waals surface area contributed by atoms with Crippen LogP contribution in [0.2, 0.25) is 0 Å². The lowest BCUT2D eigenvalue weighted by Crippen LogP contribution is -2.19. The molecule has 7 heteroatoms. The molecule has 0 atom stereocenters. The van der Waals surface area contributed by atoms with Gasteiger partial charge in [0, 0.05) is 6.04 Å². The van der Waals surface area contributed by atoms with E-state index in [1.807, 2.05) is 20.1 Å². The lowest BCUT2D eigenvalue weighted by molar-refractivity contribution is 0.830. The Hall–Kier alpha value is -0.950. The van der Waals surface area contributed by atoms with Gasteiger partial charge in [0.15, 0.2) is 11.0 Å². The number of nitrogens with one attached hydrogen (secondary N) is 1. The van der Waals surface area contributed by atoms with Crippen LogP contribution in [0.25, 0.3) is 0 Å². The first-order valence-electron chi connectivity index (χ1n) is 4.39. The number of hydrogen-bond acceptors (Lipinski definition) is 6. The maximum atomic E-state index is 5.48. The number of aromatic nitrogens is 3. The van der Waals surface area contributed by atoms with Gasteiger partial charge < -0.3 is 11.1 Å². The SMILES string of the molecule is CSc1nc(NC(C)C)nc(C(N)=S)n1. The summed E-state index contributed by atoms with van der Waals surface area (Å²) in [5.41, 5.74) is 5.48. The highest BCUT2D eigenvalue weighted by atomic mass is 32.2.